The number of nitrogens with one attached hydrogen (secondary N) is 1. The van der Waals surface area contributed by atoms with Crippen LogP contribution in [0.1, 0.15) is 38.2 Å². The lowest BCUT2D eigenvalue weighted by Crippen LogP contribution is -2.05. The van der Waals surface area contributed by atoms with Gasteiger partial charge in [-0.1, -0.05) is 18.0 Å². The minimum atomic E-state index is -0.129. The molecule has 20 heavy (non-hydrogen) atoms. The molecule has 1 aromatic carbocycles. The second kappa shape index (κ2) is 9.22. The van der Waals surface area contributed by atoms with Gasteiger partial charge in [0.2, 0.25) is 0 Å². The van der Waals surface area contributed by atoms with Gasteiger partial charge in [0.15, 0.2) is 0 Å². The van der Waals surface area contributed by atoms with Gasteiger partial charge in [-0.3, -0.25) is 4.79 Å². The quantitative estimate of drug-likeness (QED) is 0.586. The van der Waals surface area contributed by atoms with E-state index in [4.69, 9.17) is 21.6 Å². The summed E-state index contributed by atoms with van der Waals surface area (Å²) >= 11 is 6.05. The van der Waals surface area contributed by atoms with Gasteiger partial charge in [-0.2, -0.15) is 5.26 Å². The van der Waals surface area contributed by atoms with Gasteiger partial charge in [0.05, 0.1) is 28.9 Å². The number of hydrogen-bond donors (Lipinski definition) is 1. The van der Waals surface area contributed by atoms with E-state index in [2.05, 4.69) is 5.32 Å². The summed E-state index contributed by atoms with van der Waals surface area (Å²) in [6.07, 6.45) is 3.22. The smallest absolute Gasteiger partial charge is 0.305 e. The van der Waals surface area contributed by atoms with E-state index < -0.39 is 0 Å². The zero-order chi connectivity index (χ0) is 14.8. The Labute approximate surface area is 124 Å². The summed E-state index contributed by atoms with van der Waals surface area (Å²) in [5, 5.41) is 12.5. The lowest BCUT2D eigenvalue weighted by Gasteiger charge is -2.08. The molecule has 0 saturated carbocycles. The highest BCUT2D eigenvalue weighted by molar-refractivity contribution is 6.33. The predicted octanol–water partition coefficient (Wildman–Crippen LogP) is 3.75. The summed E-state index contributed by atoms with van der Waals surface area (Å²) in [5.74, 6) is -0.129. The fourth-order valence-corrected chi connectivity index (χ4v) is 2.00. The molecule has 0 radical (unpaired) electrons. The summed E-state index contributed by atoms with van der Waals surface area (Å²) in [6, 6.07) is 7.22. The molecule has 0 unspecified atom stereocenters. The van der Waals surface area contributed by atoms with Gasteiger partial charge in [0.25, 0.3) is 0 Å². The minimum Gasteiger partial charge on any atom is -0.466 e. The van der Waals surface area contributed by atoms with Crippen molar-refractivity contribution in [2.45, 2.75) is 32.6 Å². The summed E-state index contributed by atoms with van der Waals surface area (Å²) in [7, 11) is 0. The van der Waals surface area contributed by atoms with Gasteiger partial charge >= 0.3 is 5.97 Å². The molecule has 1 aromatic rings. The van der Waals surface area contributed by atoms with Crippen molar-refractivity contribution < 1.29 is 9.53 Å². The molecule has 0 amide bonds. The summed E-state index contributed by atoms with van der Waals surface area (Å²) in [4.78, 5) is 11.1. The van der Waals surface area contributed by atoms with E-state index in [9.17, 15) is 4.79 Å². The lowest BCUT2D eigenvalue weighted by atomic mass is 10.2. The van der Waals surface area contributed by atoms with Crippen molar-refractivity contribution in [2.24, 2.45) is 0 Å². The van der Waals surface area contributed by atoms with Gasteiger partial charge in [0.1, 0.15) is 0 Å². The van der Waals surface area contributed by atoms with Crippen molar-refractivity contribution in [3.05, 3.63) is 28.8 Å². The van der Waals surface area contributed by atoms with Crippen LogP contribution in [0.4, 0.5) is 5.69 Å². The molecule has 0 spiro atoms. The van der Waals surface area contributed by atoms with E-state index in [1.807, 2.05) is 13.0 Å². The first-order chi connectivity index (χ1) is 9.67. The van der Waals surface area contributed by atoms with Crippen LogP contribution in [0.2, 0.25) is 5.02 Å². The summed E-state index contributed by atoms with van der Waals surface area (Å²) < 4.78 is 4.86. The third kappa shape index (κ3) is 5.94. The minimum absolute atomic E-state index is 0.129. The van der Waals surface area contributed by atoms with E-state index in [0.29, 0.717) is 23.6 Å². The molecule has 1 N–H and O–H groups in total. The number of ether oxygens (including phenoxy) is 1. The topological polar surface area (TPSA) is 62.1 Å². The third-order valence-corrected chi connectivity index (χ3v) is 3.09. The Balaban J connectivity index is 2.19. The van der Waals surface area contributed by atoms with Crippen LogP contribution in [0.25, 0.3) is 0 Å². The van der Waals surface area contributed by atoms with Crippen molar-refractivity contribution in [1.82, 2.24) is 0 Å². The highest BCUT2D eigenvalue weighted by atomic mass is 35.5. The normalized spacial score (nSPS) is 9.85. The zero-order valence-electron chi connectivity index (χ0n) is 11.6. The number of esters is 1. The van der Waals surface area contributed by atoms with Gasteiger partial charge in [-0.15, -0.1) is 0 Å². The maximum absolute atomic E-state index is 11.1. The first kappa shape index (κ1) is 16.3. The van der Waals surface area contributed by atoms with Crippen LogP contribution < -0.4 is 5.32 Å². The van der Waals surface area contributed by atoms with Crippen LogP contribution in [0.15, 0.2) is 18.2 Å². The lowest BCUT2D eigenvalue weighted by molar-refractivity contribution is -0.143. The second-order valence-corrected chi connectivity index (χ2v) is 4.76. The highest BCUT2D eigenvalue weighted by Gasteiger charge is 2.02. The number of anilines is 1. The maximum Gasteiger partial charge on any atom is 0.305 e. The zero-order valence-corrected chi connectivity index (χ0v) is 12.4. The highest BCUT2D eigenvalue weighted by Crippen LogP contribution is 2.22. The molecular formula is C15H19ClN2O2. The molecule has 0 aliphatic carbocycles. The molecule has 108 valence electrons. The molecule has 0 fully saturated rings. The van der Waals surface area contributed by atoms with E-state index >= 15 is 0 Å². The average molecular weight is 295 g/mol. The molecule has 4 nitrogen and oxygen atoms in total. The van der Waals surface area contributed by atoms with Crippen molar-refractivity contribution in [2.75, 3.05) is 18.5 Å². The first-order valence-electron chi connectivity index (χ1n) is 6.76. The molecule has 0 heterocycles. The van der Waals surface area contributed by atoms with Crippen LogP contribution in [0.5, 0.6) is 0 Å². The van der Waals surface area contributed by atoms with E-state index in [0.717, 1.165) is 31.5 Å². The Morgan fingerprint density at radius 2 is 2.20 bits per heavy atom. The molecule has 0 aliphatic rings. The van der Waals surface area contributed by atoms with Crippen molar-refractivity contribution >= 4 is 23.3 Å². The third-order valence-electron chi connectivity index (χ3n) is 2.78. The fourth-order valence-electron chi connectivity index (χ4n) is 1.76. The van der Waals surface area contributed by atoms with Crippen LogP contribution in [-0.2, 0) is 9.53 Å². The van der Waals surface area contributed by atoms with Gasteiger partial charge in [-0.05, 0) is 38.0 Å². The Bertz CT molecular complexity index is 483. The molecule has 0 atom stereocenters. The van der Waals surface area contributed by atoms with E-state index in [-0.39, 0.29) is 5.97 Å². The maximum atomic E-state index is 11.1. The van der Waals surface area contributed by atoms with Crippen LogP contribution in [0, 0.1) is 11.3 Å². The standard InChI is InChI=1S/C15H19ClN2O2/c1-2-20-15(19)6-4-3-5-9-18-14-8-7-12(11-17)10-13(14)16/h7-8,10,18H,2-6,9H2,1H3. The van der Waals surface area contributed by atoms with Crippen LogP contribution in [0.3, 0.4) is 0 Å². The number of hydrogen-bond acceptors (Lipinski definition) is 4. The SMILES string of the molecule is CCOC(=O)CCCCCNc1ccc(C#N)cc1Cl. The second-order valence-electron chi connectivity index (χ2n) is 4.35. The van der Waals surface area contributed by atoms with Crippen LogP contribution in [-0.4, -0.2) is 19.1 Å². The fraction of sp³-hybridized carbons (Fsp3) is 0.467. The Hall–Kier alpha value is -1.73. The molecule has 0 aliphatic heterocycles. The number of nitrogens with zero attached hydrogens (tertiary/aromatic N) is 1. The van der Waals surface area contributed by atoms with E-state index in [1.165, 1.54) is 0 Å². The number of rotatable bonds is 8. The van der Waals surface area contributed by atoms with Crippen molar-refractivity contribution in [1.29, 1.82) is 5.26 Å². The monoisotopic (exact) mass is 294 g/mol. The van der Waals surface area contributed by atoms with Gasteiger partial charge < -0.3 is 10.1 Å². The molecular weight excluding hydrogens is 276 g/mol. The van der Waals surface area contributed by atoms with E-state index in [1.54, 1.807) is 18.2 Å². The van der Waals surface area contributed by atoms with Gasteiger partial charge in [0, 0.05) is 13.0 Å². The van der Waals surface area contributed by atoms with Crippen molar-refractivity contribution in [3.8, 4) is 6.07 Å². The Morgan fingerprint density at radius 3 is 2.85 bits per heavy atom. The average Bonchev–Trinajstić information content (AvgIpc) is 2.44. The first-order valence-corrected chi connectivity index (χ1v) is 7.14. The van der Waals surface area contributed by atoms with Gasteiger partial charge in [-0.25, -0.2) is 0 Å². The number of carbonyl (C=O) groups excluding carboxylic acids is 1. The van der Waals surface area contributed by atoms with Crippen LogP contribution >= 0.6 is 11.6 Å². The number of halogens is 1. The van der Waals surface area contributed by atoms with Crippen molar-refractivity contribution in [3.63, 3.8) is 0 Å². The number of nitriles is 1. The molecule has 5 heteroatoms. The Morgan fingerprint density at radius 1 is 1.40 bits per heavy atom. The summed E-state index contributed by atoms with van der Waals surface area (Å²) in [6.45, 7) is 3.04. The predicted molar refractivity (Wildman–Crippen MR) is 79.8 cm³/mol. The number of carbonyl (C=O) groups is 1. The summed E-state index contributed by atoms with van der Waals surface area (Å²) in [5.41, 5.74) is 1.38. The molecule has 0 bridgehead atoms. The molecule has 0 aromatic heterocycles. The molecule has 1 rings (SSSR count). The largest absolute Gasteiger partial charge is 0.466 e. The number of benzene rings is 1. The Kier molecular flexibility index (Phi) is 7.52. The molecule has 0 saturated heterocycles. The number of unbranched alkanes of at least 4 members (excludes halogenated alkanes) is 2.